The van der Waals surface area contributed by atoms with E-state index in [1.165, 1.54) is 0 Å². The molecule has 1 N–H and O–H groups in total. The molecule has 0 aliphatic carbocycles. The Morgan fingerprint density at radius 3 is 2.25 bits per heavy atom. The molecule has 3 nitrogen and oxygen atoms in total. The second kappa shape index (κ2) is 4.21. The summed E-state index contributed by atoms with van der Waals surface area (Å²) in [5, 5.41) is 9.12. The molecule has 0 bridgehead atoms. The monoisotopic (exact) mass is 174 g/mol. The second-order valence-electron chi connectivity index (χ2n) is 3.64. The highest BCUT2D eigenvalue weighted by molar-refractivity contribution is 4.67. The van der Waals surface area contributed by atoms with Crippen LogP contribution in [0.2, 0.25) is 0 Å². The van der Waals surface area contributed by atoms with Gasteiger partial charge in [0.25, 0.3) is 0 Å². The van der Waals surface area contributed by atoms with E-state index in [0.717, 1.165) is 6.42 Å². The first-order chi connectivity index (χ1) is 5.58. The van der Waals surface area contributed by atoms with Gasteiger partial charge in [-0.1, -0.05) is 0 Å². The number of ether oxygens (including phenoxy) is 2. The third kappa shape index (κ3) is 3.09. The van der Waals surface area contributed by atoms with Crippen molar-refractivity contribution in [3.05, 3.63) is 0 Å². The van der Waals surface area contributed by atoms with E-state index in [1.54, 1.807) is 6.92 Å². The van der Waals surface area contributed by atoms with Gasteiger partial charge in [-0.2, -0.15) is 0 Å². The molecular formula is C9H18O3. The number of hydrogen-bond acceptors (Lipinski definition) is 3. The summed E-state index contributed by atoms with van der Waals surface area (Å²) in [4.78, 5) is 0. The van der Waals surface area contributed by atoms with Crippen LogP contribution in [0, 0.1) is 0 Å². The van der Waals surface area contributed by atoms with Gasteiger partial charge in [0, 0.05) is 6.42 Å². The largest absolute Gasteiger partial charge is 0.393 e. The van der Waals surface area contributed by atoms with Gasteiger partial charge in [-0.3, -0.25) is 0 Å². The molecule has 0 aromatic carbocycles. The van der Waals surface area contributed by atoms with Gasteiger partial charge in [0.2, 0.25) is 0 Å². The molecule has 1 aliphatic heterocycles. The van der Waals surface area contributed by atoms with Gasteiger partial charge in [0.05, 0.1) is 18.3 Å². The van der Waals surface area contributed by atoms with Gasteiger partial charge >= 0.3 is 0 Å². The molecule has 0 aromatic heterocycles. The Kier molecular flexibility index (Phi) is 3.50. The summed E-state index contributed by atoms with van der Waals surface area (Å²) in [5.74, 6) is 0. The Bertz CT molecular complexity index is 123. The fourth-order valence-corrected chi connectivity index (χ4v) is 1.52. The molecular weight excluding hydrogens is 156 g/mol. The fourth-order valence-electron chi connectivity index (χ4n) is 1.52. The smallest absolute Gasteiger partial charge is 0.160 e. The maximum Gasteiger partial charge on any atom is 0.160 e. The average molecular weight is 174 g/mol. The molecule has 0 saturated carbocycles. The Hall–Kier alpha value is -0.120. The first kappa shape index (κ1) is 9.96. The van der Waals surface area contributed by atoms with Gasteiger partial charge in [0.1, 0.15) is 0 Å². The molecule has 72 valence electrons. The minimum Gasteiger partial charge on any atom is -0.393 e. The summed E-state index contributed by atoms with van der Waals surface area (Å²) in [5.41, 5.74) is 0. The minimum atomic E-state index is -0.354. The highest BCUT2D eigenvalue weighted by Crippen LogP contribution is 2.20. The van der Waals surface area contributed by atoms with Crippen LogP contribution in [0.3, 0.4) is 0 Å². The van der Waals surface area contributed by atoms with Crippen LogP contribution in [0.15, 0.2) is 0 Å². The van der Waals surface area contributed by atoms with E-state index >= 15 is 0 Å². The van der Waals surface area contributed by atoms with Crippen LogP contribution in [-0.4, -0.2) is 29.7 Å². The maximum atomic E-state index is 9.12. The lowest BCUT2D eigenvalue weighted by Crippen LogP contribution is -2.37. The number of aliphatic hydroxyl groups excluding tert-OH is 1. The third-order valence-corrected chi connectivity index (χ3v) is 1.97. The van der Waals surface area contributed by atoms with Crippen molar-refractivity contribution in [2.45, 2.75) is 58.2 Å². The maximum absolute atomic E-state index is 9.12. The summed E-state index contributed by atoms with van der Waals surface area (Å²) in [6.07, 6.45) is 1.43. The molecule has 1 heterocycles. The highest BCUT2D eigenvalue weighted by Gasteiger charge is 2.25. The third-order valence-electron chi connectivity index (χ3n) is 1.97. The number of rotatable bonds is 2. The first-order valence-corrected chi connectivity index (χ1v) is 4.57. The van der Waals surface area contributed by atoms with Gasteiger partial charge in [-0.25, -0.2) is 0 Å². The van der Waals surface area contributed by atoms with Crippen molar-refractivity contribution in [1.82, 2.24) is 0 Å². The van der Waals surface area contributed by atoms with E-state index in [-0.39, 0.29) is 24.6 Å². The van der Waals surface area contributed by atoms with Crippen LogP contribution in [-0.2, 0) is 9.47 Å². The lowest BCUT2D eigenvalue weighted by molar-refractivity contribution is -0.242. The molecule has 1 rings (SSSR count). The van der Waals surface area contributed by atoms with Crippen LogP contribution in [0.5, 0.6) is 0 Å². The molecule has 0 unspecified atom stereocenters. The predicted octanol–water partition coefficient (Wildman–Crippen LogP) is 1.30. The lowest BCUT2D eigenvalue weighted by atomic mass is 10.1. The van der Waals surface area contributed by atoms with Crippen molar-refractivity contribution in [2.24, 2.45) is 0 Å². The molecule has 0 spiro atoms. The average Bonchev–Trinajstić information content (AvgIpc) is 1.81. The molecule has 1 fully saturated rings. The van der Waals surface area contributed by atoms with E-state index in [4.69, 9.17) is 14.6 Å². The molecule has 0 aromatic rings. The molecule has 0 amide bonds. The first-order valence-electron chi connectivity index (χ1n) is 4.57. The fraction of sp³-hybridized carbons (Fsp3) is 1.00. The Morgan fingerprint density at radius 1 is 1.33 bits per heavy atom. The van der Waals surface area contributed by atoms with Crippen molar-refractivity contribution >= 4 is 0 Å². The predicted molar refractivity (Wildman–Crippen MR) is 45.8 cm³/mol. The van der Waals surface area contributed by atoms with Crippen molar-refractivity contribution in [3.63, 3.8) is 0 Å². The quantitative estimate of drug-likeness (QED) is 0.685. The van der Waals surface area contributed by atoms with Gasteiger partial charge in [-0.05, 0) is 27.2 Å². The molecule has 3 atom stereocenters. The standard InChI is InChI=1S/C9H18O3/c1-6(10)4-9-11-7(2)5-8(3)12-9/h6-10H,4-5H2,1-3H3/t6-,7+,8+/m0/s1. The SMILES string of the molecule is C[C@H](O)CC1O[C@H](C)C[C@@H](C)O1. The van der Waals surface area contributed by atoms with Gasteiger partial charge in [-0.15, -0.1) is 0 Å². The molecule has 12 heavy (non-hydrogen) atoms. The van der Waals surface area contributed by atoms with Crippen LogP contribution in [0.25, 0.3) is 0 Å². The van der Waals surface area contributed by atoms with E-state index in [0.29, 0.717) is 6.42 Å². The zero-order valence-corrected chi connectivity index (χ0v) is 7.99. The van der Waals surface area contributed by atoms with Gasteiger partial charge in [0.15, 0.2) is 6.29 Å². The van der Waals surface area contributed by atoms with Crippen molar-refractivity contribution in [1.29, 1.82) is 0 Å². The van der Waals surface area contributed by atoms with Crippen LogP contribution >= 0.6 is 0 Å². The van der Waals surface area contributed by atoms with E-state index in [2.05, 4.69) is 0 Å². The van der Waals surface area contributed by atoms with Crippen LogP contribution < -0.4 is 0 Å². The molecule has 1 aliphatic rings. The topological polar surface area (TPSA) is 38.7 Å². The number of aliphatic hydroxyl groups is 1. The second-order valence-corrected chi connectivity index (χ2v) is 3.64. The van der Waals surface area contributed by atoms with Crippen molar-refractivity contribution in [3.8, 4) is 0 Å². The summed E-state index contributed by atoms with van der Waals surface area (Å²) < 4.78 is 11.0. The number of hydrogen-bond donors (Lipinski definition) is 1. The van der Waals surface area contributed by atoms with Crippen LogP contribution in [0.1, 0.15) is 33.6 Å². The highest BCUT2D eigenvalue weighted by atomic mass is 16.7. The summed E-state index contributed by atoms with van der Waals surface area (Å²) >= 11 is 0. The molecule has 0 radical (unpaired) electrons. The molecule has 3 heteroatoms. The lowest BCUT2D eigenvalue weighted by Gasteiger charge is -2.33. The van der Waals surface area contributed by atoms with Gasteiger partial charge < -0.3 is 14.6 Å². The Balaban J connectivity index is 2.34. The summed E-state index contributed by atoms with van der Waals surface area (Å²) in [6.45, 7) is 5.82. The van der Waals surface area contributed by atoms with Crippen LogP contribution in [0.4, 0.5) is 0 Å². The zero-order chi connectivity index (χ0) is 9.14. The van der Waals surface area contributed by atoms with E-state index in [9.17, 15) is 0 Å². The minimum absolute atomic E-state index is 0.219. The summed E-state index contributed by atoms with van der Waals surface area (Å²) in [7, 11) is 0. The van der Waals surface area contributed by atoms with E-state index < -0.39 is 0 Å². The Labute approximate surface area is 73.7 Å². The normalized spacial score (nSPS) is 39.5. The summed E-state index contributed by atoms with van der Waals surface area (Å²) in [6, 6.07) is 0. The van der Waals surface area contributed by atoms with Crippen molar-refractivity contribution in [2.75, 3.05) is 0 Å². The zero-order valence-electron chi connectivity index (χ0n) is 7.99. The van der Waals surface area contributed by atoms with E-state index in [1.807, 2.05) is 13.8 Å². The Morgan fingerprint density at radius 2 is 1.83 bits per heavy atom. The molecule has 1 saturated heterocycles. The van der Waals surface area contributed by atoms with Crippen molar-refractivity contribution < 1.29 is 14.6 Å².